The van der Waals surface area contributed by atoms with Gasteiger partial charge in [0.1, 0.15) is 6.10 Å². The molecule has 0 saturated carbocycles. The average Bonchev–Trinajstić information content (AvgIpc) is 3.16. The van der Waals surface area contributed by atoms with Crippen LogP contribution in [0.1, 0.15) is 24.6 Å². The molecule has 8 heteroatoms. The van der Waals surface area contributed by atoms with Crippen LogP contribution < -0.4 is 10.2 Å². The van der Waals surface area contributed by atoms with Gasteiger partial charge in [0.25, 0.3) is 0 Å². The Morgan fingerprint density at radius 3 is 2.96 bits per heavy atom. The van der Waals surface area contributed by atoms with E-state index < -0.39 is 0 Å². The Morgan fingerprint density at radius 1 is 1.25 bits per heavy atom. The third kappa shape index (κ3) is 2.92. The van der Waals surface area contributed by atoms with Gasteiger partial charge in [0.2, 0.25) is 11.9 Å². The smallest absolute Gasteiger partial charge is 0.239 e. The number of anilines is 1. The zero-order valence-corrected chi connectivity index (χ0v) is 13.2. The van der Waals surface area contributed by atoms with Gasteiger partial charge in [0, 0.05) is 43.9 Å². The van der Waals surface area contributed by atoms with Crippen molar-refractivity contribution in [2.24, 2.45) is 0 Å². The van der Waals surface area contributed by atoms with Crippen molar-refractivity contribution >= 4 is 11.9 Å². The van der Waals surface area contributed by atoms with Crippen molar-refractivity contribution in [3.8, 4) is 11.3 Å². The first-order valence-corrected chi connectivity index (χ1v) is 8.08. The standard InChI is InChI=1S/C16H18N6O2/c23-14-10-22(6-5-19-14)16-20-8-11(12-9-17-3-4-18-12)15(21-16)13-2-1-7-24-13/h3-4,8-9,13H,1-2,5-7,10H2,(H,19,23)/t13-/m0/s1. The number of hydrogen-bond donors (Lipinski definition) is 1. The minimum atomic E-state index is -0.0672. The van der Waals surface area contributed by atoms with Crippen LogP contribution in [0.15, 0.2) is 24.8 Å². The molecule has 4 rings (SSSR count). The molecule has 1 amide bonds. The Morgan fingerprint density at radius 2 is 2.21 bits per heavy atom. The van der Waals surface area contributed by atoms with Crippen LogP contribution in [-0.4, -0.2) is 52.1 Å². The normalized spacial score (nSPS) is 20.9. The SMILES string of the molecule is O=C1CN(c2ncc(-c3cnccn3)c([C@@H]3CCCO3)n2)CCN1. The summed E-state index contributed by atoms with van der Waals surface area (Å²) in [6.07, 6.45) is 8.61. The van der Waals surface area contributed by atoms with Crippen LogP contribution in [-0.2, 0) is 9.53 Å². The maximum Gasteiger partial charge on any atom is 0.239 e. The molecular formula is C16H18N6O2. The van der Waals surface area contributed by atoms with Crippen molar-refractivity contribution < 1.29 is 9.53 Å². The lowest BCUT2D eigenvalue weighted by Gasteiger charge is -2.27. The lowest BCUT2D eigenvalue weighted by atomic mass is 10.1. The molecule has 8 nitrogen and oxygen atoms in total. The molecular weight excluding hydrogens is 308 g/mol. The van der Waals surface area contributed by atoms with Crippen LogP contribution in [0.4, 0.5) is 5.95 Å². The molecule has 0 unspecified atom stereocenters. The summed E-state index contributed by atoms with van der Waals surface area (Å²) in [5, 5.41) is 2.81. The molecule has 2 aromatic heterocycles. The predicted molar refractivity (Wildman–Crippen MR) is 86.2 cm³/mol. The van der Waals surface area contributed by atoms with E-state index in [-0.39, 0.29) is 18.6 Å². The molecule has 0 bridgehead atoms. The highest BCUT2D eigenvalue weighted by molar-refractivity contribution is 5.82. The van der Waals surface area contributed by atoms with E-state index in [1.54, 1.807) is 24.8 Å². The number of piperazine rings is 1. The fourth-order valence-electron chi connectivity index (χ4n) is 3.02. The second kappa shape index (κ2) is 6.48. The Bertz CT molecular complexity index is 733. The fraction of sp³-hybridized carbons (Fsp3) is 0.438. The van der Waals surface area contributed by atoms with Crippen LogP contribution in [0, 0.1) is 0 Å². The molecule has 24 heavy (non-hydrogen) atoms. The lowest BCUT2D eigenvalue weighted by molar-refractivity contribution is -0.120. The van der Waals surface area contributed by atoms with Crippen molar-refractivity contribution in [2.45, 2.75) is 18.9 Å². The van der Waals surface area contributed by atoms with Gasteiger partial charge in [-0.1, -0.05) is 0 Å². The van der Waals surface area contributed by atoms with Gasteiger partial charge in [-0.25, -0.2) is 9.97 Å². The third-order valence-corrected chi connectivity index (χ3v) is 4.20. The van der Waals surface area contributed by atoms with Crippen LogP contribution in [0.5, 0.6) is 0 Å². The number of amides is 1. The third-order valence-electron chi connectivity index (χ3n) is 4.20. The van der Waals surface area contributed by atoms with E-state index in [1.165, 1.54) is 0 Å². The number of hydrogen-bond acceptors (Lipinski definition) is 7. The van der Waals surface area contributed by atoms with Crippen molar-refractivity contribution in [1.82, 2.24) is 25.3 Å². The topological polar surface area (TPSA) is 93.1 Å². The van der Waals surface area contributed by atoms with Gasteiger partial charge in [0.15, 0.2) is 0 Å². The monoisotopic (exact) mass is 326 g/mol. The van der Waals surface area contributed by atoms with E-state index in [2.05, 4.69) is 20.3 Å². The molecule has 0 radical (unpaired) electrons. The van der Waals surface area contributed by atoms with Gasteiger partial charge in [-0.3, -0.25) is 14.8 Å². The summed E-state index contributed by atoms with van der Waals surface area (Å²) >= 11 is 0. The maximum absolute atomic E-state index is 11.6. The van der Waals surface area contributed by atoms with Crippen LogP contribution in [0.3, 0.4) is 0 Å². The number of ether oxygens (including phenoxy) is 1. The van der Waals surface area contributed by atoms with Gasteiger partial charge in [0.05, 0.1) is 24.1 Å². The molecule has 1 atom stereocenters. The Hall–Kier alpha value is -2.61. The van der Waals surface area contributed by atoms with Crippen LogP contribution in [0.25, 0.3) is 11.3 Å². The zero-order valence-electron chi connectivity index (χ0n) is 13.2. The van der Waals surface area contributed by atoms with Crippen LogP contribution in [0.2, 0.25) is 0 Å². The number of rotatable bonds is 3. The molecule has 0 spiro atoms. The summed E-state index contributed by atoms with van der Waals surface area (Å²) in [5.41, 5.74) is 2.38. The molecule has 0 aliphatic carbocycles. The Kier molecular flexibility index (Phi) is 4.04. The highest BCUT2D eigenvalue weighted by Crippen LogP contribution is 2.34. The molecule has 124 valence electrons. The van der Waals surface area contributed by atoms with Gasteiger partial charge < -0.3 is 15.0 Å². The first-order valence-electron chi connectivity index (χ1n) is 8.08. The van der Waals surface area contributed by atoms with E-state index in [9.17, 15) is 4.79 Å². The van der Waals surface area contributed by atoms with Crippen molar-refractivity contribution in [3.63, 3.8) is 0 Å². The van der Waals surface area contributed by atoms with E-state index in [1.807, 2.05) is 4.90 Å². The summed E-state index contributed by atoms with van der Waals surface area (Å²) in [6, 6.07) is 0. The molecule has 2 saturated heterocycles. The van der Waals surface area contributed by atoms with Gasteiger partial charge >= 0.3 is 0 Å². The number of carbonyl (C=O) groups is 1. The first kappa shape index (κ1) is 14.9. The second-order valence-electron chi connectivity index (χ2n) is 5.83. The molecule has 0 aromatic carbocycles. The lowest BCUT2D eigenvalue weighted by Crippen LogP contribution is -2.48. The minimum absolute atomic E-state index is 0.0125. The molecule has 1 N–H and O–H groups in total. The van der Waals surface area contributed by atoms with Crippen LogP contribution >= 0.6 is 0 Å². The van der Waals surface area contributed by atoms with Gasteiger partial charge in [-0.05, 0) is 12.8 Å². The summed E-state index contributed by atoms with van der Waals surface area (Å²) in [4.78, 5) is 31.2. The predicted octanol–water partition coefficient (Wildman–Crippen LogP) is 0.721. The number of nitrogens with zero attached hydrogens (tertiary/aromatic N) is 5. The fourth-order valence-corrected chi connectivity index (χ4v) is 3.02. The van der Waals surface area contributed by atoms with E-state index in [0.717, 1.165) is 36.4 Å². The average molecular weight is 326 g/mol. The number of carbonyl (C=O) groups excluding carboxylic acids is 1. The van der Waals surface area contributed by atoms with E-state index in [0.29, 0.717) is 19.0 Å². The molecule has 4 heterocycles. The molecule has 2 aliphatic rings. The highest BCUT2D eigenvalue weighted by Gasteiger charge is 2.26. The van der Waals surface area contributed by atoms with E-state index in [4.69, 9.17) is 9.72 Å². The first-order chi connectivity index (χ1) is 11.8. The van der Waals surface area contributed by atoms with Crippen molar-refractivity contribution in [3.05, 3.63) is 30.5 Å². The molecule has 2 aromatic rings. The summed E-state index contributed by atoms with van der Waals surface area (Å²) in [6.45, 7) is 2.30. The minimum Gasteiger partial charge on any atom is -0.372 e. The Labute approximate surface area is 139 Å². The number of nitrogens with one attached hydrogen (secondary N) is 1. The zero-order chi connectivity index (χ0) is 16.4. The Balaban J connectivity index is 1.73. The quantitative estimate of drug-likeness (QED) is 0.888. The van der Waals surface area contributed by atoms with Gasteiger partial charge in [-0.15, -0.1) is 0 Å². The summed E-state index contributed by atoms with van der Waals surface area (Å²) in [5.74, 6) is 0.546. The summed E-state index contributed by atoms with van der Waals surface area (Å²) < 4.78 is 5.83. The van der Waals surface area contributed by atoms with Crippen molar-refractivity contribution in [1.29, 1.82) is 0 Å². The number of aromatic nitrogens is 4. The van der Waals surface area contributed by atoms with Crippen molar-refractivity contribution in [2.75, 3.05) is 31.1 Å². The van der Waals surface area contributed by atoms with Gasteiger partial charge in [-0.2, -0.15) is 0 Å². The second-order valence-corrected chi connectivity index (χ2v) is 5.83. The highest BCUT2D eigenvalue weighted by atomic mass is 16.5. The molecule has 2 aliphatic heterocycles. The van der Waals surface area contributed by atoms with E-state index >= 15 is 0 Å². The largest absolute Gasteiger partial charge is 0.372 e. The molecule has 2 fully saturated rings. The summed E-state index contributed by atoms with van der Waals surface area (Å²) in [7, 11) is 0. The maximum atomic E-state index is 11.6.